The standard InChI is InChI=1S/C21H39NO5/c1-5-6-7-8-9-10-11-12-13-14-18(23)15-21(26)27-19(16-20(24)25)17-22(2,3)4/h15,19H,5-14,16-17H2,1-4H3,(H-,23,24,25,26). The molecule has 0 rings (SSSR count). The van der Waals surface area contributed by atoms with Gasteiger partial charge in [-0.05, 0) is 6.42 Å². The number of likely N-dealkylation sites (N-methyl/N-ethyl adjacent to an activating group) is 1. The lowest BCUT2D eigenvalue weighted by Crippen LogP contribution is -2.45. The number of unbranched alkanes of at least 4 members (excludes halogenated alkanes) is 8. The minimum atomic E-state index is -1.26. The van der Waals surface area contributed by atoms with Crippen molar-refractivity contribution in [1.29, 1.82) is 0 Å². The number of nitrogens with zero attached hydrogens (tertiary/aromatic N) is 1. The van der Waals surface area contributed by atoms with Crippen molar-refractivity contribution in [2.45, 2.75) is 83.7 Å². The lowest BCUT2D eigenvalue weighted by atomic mass is 10.1. The summed E-state index contributed by atoms with van der Waals surface area (Å²) in [5.74, 6) is -1.98. The molecule has 0 aliphatic heterocycles. The Bertz CT molecular complexity index is 454. The van der Waals surface area contributed by atoms with Crippen LogP contribution < -0.4 is 5.11 Å². The van der Waals surface area contributed by atoms with Crippen LogP contribution >= 0.6 is 0 Å². The fraction of sp³-hybridized carbons (Fsp3) is 0.810. The third-order valence-corrected chi connectivity index (χ3v) is 4.25. The number of aliphatic hydroxyl groups excluding tert-OH is 1. The Morgan fingerprint density at radius 3 is 2.00 bits per heavy atom. The molecular weight excluding hydrogens is 346 g/mol. The van der Waals surface area contributed by atoms with Crippen molar-refractivity contribution in [2.75, 3.05) is 27.7 Å². The quantitative estimate of drug-likeness (QED) is 0.145. The number of hydrogen-bond acceptors (Lipinski definition) is 5. The maximum absolute atomic E-state index is 11.9. The molecule has 0 saturated carbocycles. The summed E-state index contributed by atoms with van der Waals surface area (Å²) in [5.41, 5.74) is 0. The summed E-state index contributed by atoms with van der Waals surface area (Å²) in [6, 6.07) is 0. The number of aliphatic carboxylic acids is 1. The topological polar surface area (TPSA) is 86.7 Å². The second-order valence-electron chi connectivity index (χ2n) is 8.32. The number of carboxylic acids is 1. The number of rotatable bonds is 16. The Labute approximate surface area is 164 Å². The summed E-state index contributed by atoms with van der Waals surface area (Å²) in [6.45, 7) is 2.57. The van der Waals surface area contributed by atoms with Gasteiger partial charge in [-0.15, -0.1) is 0 Å². The number of carboxylic acid groups (broad SMARTS) is 1. The predicted octanol–water partition coefficient (Wildman–Crippen LogP) is 3.11. The van der Waals surface area contributed by atoms with E-state index >= 15 is 0 Å². The molecule has 0 spiro atoms. The molecule has 0 fully saturated rings. The first-order chi connectivity index (χ1) is 12.6. The van der Waals surface area contributed by atoms with E-state index in [0.717, 1.165) is 25.3 Å². The van der Waals surface area contributed by atoms with Gasteiger partial charge in [-0.3, -0.25) is 0 Å². The van der Waals surface area contributed by atoms with Crippen LogP contribution in [0, 0.1) is 0 Å². The van der Waals surface area contributed by atoms with E-state index in [1.54, 1.807) is 0 Å². The van der Waals surface area contributed by atoms with Gasteiger partial charge in [0.15, 0.2) is 6.10 Å². The maximum Gasteiger partial charge on any atom is 0.334 e. The number of carbonyl (C=O) groups excluding carboxylic acids is 2. The van der Waals surface area contributed by atoms with Crippen LogP contribution in [0.3, 0.4) is 0 Å². The summed E-state index contributed by atoms with van der Waals surface area (Å²) in [4.78, 5) is 22.7. The Balaban J connectivity index is 4.09. The number of esters is 1. The van der Waals surface area contributed by atoms with Crippen LogP contribution in [0.1, 0.15) is 77.6 Å². The molecule has 0 amide bonds. The lowest BCUT2D eigenvalue weighted by Gasteiger charge is -2.29. The third-order valence-electron chi connectivity index (χ3n) is 4.25. The zero-order valence-electron chi connectivity index (χ0n) is 17.7. The summed E-state index contributed by atoms with van der Waals surface area (Å²) in [7, 11) is 5.65. The molecule has 0 radical (unpaired) electrons. The average Bonchev–Trinajstić information content (AvgIpc) is 2.50. The minimum absolute atomic E-state index is 0.0135. The fourth-order valence-electron chi connectivity index (χ4n) is 2.96. The molecule has 0 aliphatic carbocycles. The SMILES string of the molecule is CCCCCCCCCCCC(O)=CC(=O)OC(CC(=O)[O-])C[N+](C)(C)C. The van der Waals surface area contributed by atoms with Crippen molar-refractivity contribution in [3.8, 4) is 0 Å². The van der Waals surface area contributed by atoms with Gasteiger partial charge in [0.05, 0.1) is 33.0 Å². The zero-order valence-corrected chi connectivity index (χ0v) is 17.7. The van der Waals surface area contributed by atoms with Crippen molar-refractivity contribution in [1.82, 2.24) is 0 Å². The van der Waals surface area contributed by atoms with E-state index in [-0.39, 0.29) is 12.2 Å². The van der Waals surface area contributed by atoms with E-state index in [4.69, 9.17) is 4.74 Å². The minimum Gasteiger partial charge on any atom is -0.550 e. The molecule has 0 bridgehead atoms. The van der Waals surface area contributed by atoms with Crippen molar-refractivity contribution >= 4 is 11.9 Å². The molecule has 6 nitrogen and oxygen atoms in total. The van der Waals surface area contributed by atoms with Gasteiger partial charge in [0.1, 0.15) is 6.54 Å². The molecule has 6 heteroatoms. The van der Waals surface area contributed by atoms with E-state index in [1.807, 2.05) is 21.1 Å². The summed E-state index contributed by atoms with van der Waals surface area (Å²) < 4.78 is 5.65. The van der Waals surface area contributed by atoms with Crippen molar-refractivity contribution in [2.24, 2.45) is 0 Å². The van der Waals surface area contributed by atoms with Gasteiger partial charge in [0, 0.05) is 18.8 Å². The number of carbonyl (C=O) groups is 2. The molecule has 0 aromatic heterocycles. The smallest absolute Gasteiger partial charge is 0.334 e. The van der Waals surface area contributed by atoms with E-state index in [9.17, 15) is 19.8 Å². The largest absolute Gasteiger partial charge is 0.550 e. The molecule has 0 heterocycles. The van der Waals surface area contributed by atoms with Crippen LogP contribution in [0.25, 0.3) is 0 Å². The average molecular weight is 386 g/mol. The van der Waals surface area contributed by atoms with Crippen molar-refractivity contribution in [3.05, 3.63) is 11.8 Å². The summed E-state index contributed by atoms with van der Waals surface area (Å²) in [5, 5.41) is 20.7. The highest BCUT2D eigenvalue weighted by Crippen LogP contribution is 2.13. The first-order valence-corrected chi connectivity index (χ1v) is 10.2. The van der Waals surface area contributed by atoms with Crippen LogP contribution in [0.2, 0.25) is 0 Å². The molecule has 0 aliphatic rings. The van der Waals surface area contributed by atoms with Crippen LogP contribution in [0.4, 0.5) is 0 Å². The van der Waals surface area contributed by atoms with E-state index in [0.29, 0.717) is 17.4 Å². The second kappa shape index (κ2) is 14.5. The molecule has 27 heavy (non-hydrogen) atoms. The van der Waals surface area contributed by atoms with E-state index in [1.165, 1.54) is 38.5 Å². The maximum atomic E-state index is 11.9. The fourth-order valence-corrected chi connectivity index (χ4v) is 2.96. The normalized spacial score (nSPS) is 13.4. The number of quaternary nitrogens is 1. The molecule has 0 aromatic carbocycles. The zero-order chi connectivity index (χ0) is 20.7. The monoisotopic (exact) mass is 385 g/mol. The molecule has 1 atom stereocenters. The predicted molar refractivity (Wildman–Crippen MR) is 105 cm³/mol. The summed E-state index contributed by atoms with van der Waals surface area (Å²) >= 11 is 0. The van der Waals surface area contributed by atoms with E-state index in [2.05, 4.69) is 6.92 Å². The van der Waals surface area contributed by atoms with Crippen LogP contribution in [-0.4, -0.2) is 55.3 Å². The van der Waals surface area contributed by atoms with Gasteiger partial charge in [0.2, 0.25) is 0 Å². The Morgan fingerprint density at radius 2 is 1.52 bits per heavy atom. The van der Waals surface area contributed by atoms with Crippen LogP contribution in [-0.2, 0) is 14.3 Å². The van der Waals surface area contributed by atoms with Gasteiger partial charge in [-0.25, -0.2) is 4.79 Å². The summed E-state index contributed by atoms with van der Waals surface area (Å²) in [6.07, 6.45) is 11.0. The van der Waals surface area contributed by atoms with Crippen LogP contribution in [0.15, 0.2) is 11.8 Å². The van der Waals surface area contributed by atoms with Gasteiger partial charge < -0.3 is 24.2 Å². The first-order valence-electron chi connectivity index (χ1n) is 10.2. The van der Waals surface area contributed by atoms with Crippen molar-refractivity contribution < 1.29 is 29.0 Å². The Hall–Kier alpha value is -1.56. The third kappa shape index (κ3) is 17.6. The van der Waals surface area contributed by atoms with Gasteiger partial charge in [0.25, 0.3) is 0 Å². The van der Waals surface area contributed by atoms with E-state index < -0.39 is 18.0 Å². The highest BCUT2D eigenvalue weighted by atomic mass is 16.5. The molecule has 158 valence electrons. The number of aliphatic hydroxyl groups is 1. The lowest BCUT2D eigenvalue weighted by molar-refractivity contribution is -0.873. The van der Waals surface area contributed by atoms with Gasteiger partial charge in [-0.1, -0.05) is 58.3 Å². The second-order valence-corrected chi connectivity index (χ2v) is 8.32. The van der Waals surface area contributed by atoms with Crippen molar-refractivity contribution in [3.63, 3.8) is 0 Å². The first kappa shape index (κ1) is 25.4. The molecular formula is C21H39NO5. The van der Waals surface area contributed by atoms with Crippen LogP contribution in [0.5, 0.6) is 0 Å². The van der Waals surface area contributed by atoms with Gasteiger partial charge >= 0.3 is 5.97 Å². The molecule has 1 unspecified atom stereocenters. The Morgan fingerprint density at radius 1 is 1.00 bits per heavy atom. The number of ether oxygens (including phenoxy) is 1. The van der Waals surface area contributed by atoms with Gasteiger partial charge in [-0.2, -0.15) is 0 Å². The number of allylic oxidation sites excluding steroid dienone is 1. The molecule has 0 saturated heterocycles. The highest BCUT2D eigenvalue weighted by molar-refractivity contribution is 5.82. The highest BCUT2D eigenvalue weighted by Gasteiger charge is 2.22. The molecule has 1 N–H and O–H groups in total. The number of hydrogen-bond donors (Lipinski definition) is 1. The molecule has 0 aromatic rings. The Kier molecular flexibility index (Phi) is 13.7.